The van der Waals surface area contributed by atoms with Gasteiger partial charge in [0.05, 0.1) is 5.69 Å². The molecule has 100 valence electrons. The smallest absolute Gasteiger partial charge is 0.179 e. The molecule has 0 aliphatic heterocycles. The van der Waals surface area contributed by atoms with Crippen molar-refractivity contribution in [3.8, 4) is 0 Å². The van der Waals surface area contributed by atoms with Crippen LogP contribution in [0.3, 0.4) is 0 Å². The second kappa shape index (κ2) is 5.53. The van der Waals surface area contributed by atoms with E-state index in [1.54, 1.807) is 12.4 Å². The molecule has 0 radical (unpaired) electrons. The van der Waals surface area contributed by atoms with Crippen LogP contribution in [0.2, 0.25) is 0 Å². The summed E-state index contributed by atoms with van der Waals surface area (Å²) >= 11 is -1.27. The molecule has 20 heavy (non-hydrogen) atoms. The Morgan fingerprint density at radius 3 is 2.65 bits per heavy atom. The number of aromatic nitrogens is 1. The highest BCUT2D eigenvalue weighted by atomic mass is 32.2. The van der Waals surface area contributed by atoms with Crippen molar-refractivity contribution >= 4 is 27.8 Å². The molecule has 0 bridgehead atoms. The van der Waals surface area contributed by atoms with Crippen LogP contribution in [0.4, 0.5) is 5.69 Å². The summed E-state index contributed by atoms with van der Waals surface area (Å²) in [7, 11) is 0. The first-order valence-electron chi connectivity index (χ1n) is 6.32. The molecule has 0 aliphatic carbocycles. The summed E-state index contributed by atoms with van der Waals surface area (Å²) in [4.78, 5) is 4.86. The fourth-order valence-electron chi connectivity index (χ4n) is 2.03. The van der Waals surface area contributed by atoms with Crippen LogP contribution in [0.1, 0.15) is 5.56 Å². The molecule has 0 saturated carbocycles. The average molecular weight is 282 g/mol. The van der Waals surface area contributed by atoms with Gasteiger partial charge < -0.3 is 4.55 Å². The molecule has 2 aromatic carbocycles. The van der Waals surface area contributed by atoms with E-state index in [1.165, 1.54) is 0 Å². The van der Waals surface area contributed by atoms with Gasteiger partial charge in [-0.2, -0.15) is 0 Å². The summed E-state index contributed by atoms with van der Waals surface area (Å²) in [5, 5.41) is 2.04. The van der Waals surface area contributed by atoms with Crippen molar-refractivity contribution in [1.82, 2.24) is 4.98 Å². The van der Waals surface area contributed by atoms with Crippen LogP contribution < -0.4 is 4.72 Å². The molecule has 1 aromatic heterocycles. The van der Waals surface area contributed by atoms with Gasteiger partial charge in [0.15, 0.2) is 4.90 Å². The lowest BCUT2D eigenvalue weighted by Crippen LogP contribution is -2.13. The van der Waals surface area contributed by atoms with Crippen LogP contribution in [0, 0.1) is 6.92 Å². The number of hydrogen-bond donors (Lipinski definition) is 1. The fourth-order valence-corrected chi connectivity index (χ4v) is 2.91. The van der Waals surface area contributed by atoms with E-state index in [9.17, 15) is 4.55 Å². The molecule has 3 aromatic rings. The zero-order valence-corrected chi connectivity index (χ0v) is 11.9. The summed E-state index contributed by atoms with van der Waals surface area (Å²) in [6.45, 7) is 2.01. The van der Waals surface area contributed by atoms with Gasteiger partial charge in [-0.1, -0.05) is 29.8 Å². The summed E-state index contributed by atoms with van der Waals surface area (Å²) in [6.07, 6.45) is 3.54. The van der Waals surface area contributed by atoms with E-state index in [0.29, 0.717) is 0 Å². The second-order valence-corrected chi connectivity index (χ2v) is 5.80. The van der Waals surface area contributed by atoms with E-state index in [4.69, 9.17) is 0 Å². The SMILES string of the molecule is Cc1ccc([S+]([O-])Nc2cccc3cnccc23)cc1. The second-order valence-electron chi connectivity index (χ2n) is 4.59. The predicted molar refractivity (Wildman–Crippen MR) is 83.0 cm³/mol. The van der Waals surface area contributed by atoms with Crippen molar-refractivity contribution in [1.29, 1.82) is 0 Å². The largest absolute Gasteiger partial charge is 0.588 e. The van der Waals surface area contributed by atoms with Gasteiger partial charge in [-0.25, -0.2) is 4.72 Å². The minimum Gasteiger partial charge on any atom is -0.588 e. The Morgan fingerprint density at radius 1 is 1.05 bits per heavy atom. The lowest BCUT2D eigenvalue weighted by atomic mass is 10.1. The first kappa shape index (κ1) is 13.0. The summed E-state index contributed by atoms with van der Waals surface area (Å²) < 4.78 is 15.4. The van der Waals surface area contributed by atoms with Gasteiger partial charge in [0, 0.05) is 23.2 Å². The molecule has 0 fully saturated rings. The van der Waals surface area contributed by atoms with E-state index in [1.807, 2.05) is 55.5 Å². The van der Waals surface area contributed by atoms with E-state index < -0.39 is 11.4 Å². The lowest BCUT2D eigenvalue weighted by Gasteiger charge is -2.13. The molecule has 1 N–H and O–H groups in total. The maximum Gasteiger partial charge on any atom is 0.179 e. The molecule has 0 aliphatic rings. The molecular formula is C16H14N2OS. The summed E-state index contributed by atoms with van der Waals surface area (Å²) in [6, 6.07) is 15.4. The fraction of sp³-hybridized carbons (Fsp3) is 0.0625. The first-order valence-corrected chi connectivity index (χ1v) is 7.47. The minimum atomic E-state index is -1.27. The highest BCUT2D eigenvalue weighted by Crippen LogP contribution is 2.25. The third-order valence-corrected chi connectivity index (χ3v) is 4.22. The first-order chi connectivity index (χ1) is 9.74. The van der Waals surface area contributed by atoms with Gasteiger partial charge in [-0.3, -0.25) is 4.98 Å². The van der Waals surface area contributed by atoms with E-state index in [0.717, 1.165) is 26.9 Å². The Morgan fingerprint density at radius 2 is 1.85 bits per heavy atom. The zero-order valence-electron chi connectivity index (χ0n) is 11.0. The van der Waals surface area contributed by atoms with Crippen molar-refractivity contribution in [2.24, 2.45) is 0 Å². The van der Waals surface area contributed by atoms with Crippen LogP contribution in [-0.4, -0.2) is 9.54 Å². The maximum absolute atomic E-state index is 12.4. The average Bonchev–Trinajstić information content (AvgIpc) is 2.48. The summed E-state index contributed by atoms with van der Waals surface area (Å²) in [5.41, 5.74) is 2.01. The molecule has 0 saturated heterocycles. The molecule has 3 nitrogen and oxygen atoms in total. The van der Waals surface area contributed by atoms with Crippen molar-refractivity contribution in [2.75, 3.05) is 4.72 Å². The number of fused-ring (bicyclic) bond motifs is 1. The number of anilines is 1. The number of pyridine rings is 1. The highest BCUT2D eigenvalue weighted by Gasteiger charge is 2.12. The molecule has 3 rings (SSSR count). The number of nitrogens with one attached hydrogen (secondary N) is 1. The Hall–Kier alpha value is -2.04. The van der Waals surface area contributed by atoms with Crippen LogP contribution >= 0.6 is 0 Å². The number of nitrogens with zero attached hydrogens (tertiary/aromatic N) is 1. The van der Waals surface area contributed by atoms with Crippen molar-refractivity contribution < 1.29 is 4.55 Å². The Labute approximate surface area is 121 Å². The predicted octanol–water partition coefficient (Wildman–Crippen LogP) is 3.68. The lowest BCUT2D eigenvalue weighted by molar-refractivity contribution is 0.600. The molecule has 0 amide bonds. The number of aryl methyl sites for hydroxylation is 1. The normalized spacial score (nSPS) is 12.3. The number of rotatable bonds is 3. The Kier molecular flexibility index (Phi) is 3.58. The molecule has 4 heteroatoms. The van der Waals surface area contributed by atoms with E-state index >= 15 is 0 Å². The summed E-state index contributed by atoms with van der Waals surface area (Å²) in [5.74, 6) is 0. The third-order valence-electron chi connectivity index (χ3n) is 3.12. The van der Waals surface area contributed by atoms with Gasteiger partial charge in [0.1, 0.15) is 11.4 Å². The van der Waals surface area contributed by atoms with Crippen molar-refractivity contribution in [3.63, 3.8) is 0 Å². The third kappa shape index (κ3) is 2.61. The molecular weight excluding hydrogens is 268 g/mol. The van der Waals surface area contributed by atoms with Gasteiger partial charge in [0.25, 0.3) is 0 Å². The van der Waals surface area contributed by atoms with E-state index in [-0.39, 0.29) is 0 Å². The highest BCUT2D eigenvalue weighted by molar-refractivity contribution is 7.92. The Balaban J connectivity index is 1.91. The monoisotopic (exact) mass is 282 g/mol. The number of benzene rings is 2. The maximum atomic E-state index is 12.4. The van der Waals surface area contributed by atoms with Gasteiger partial charge >= 0.3 is 0 Å². The van der Waals surface area contributed by atoms with Crippen LogP contribution in [0.25, 0.3) is 10.8 Å². The van der Waals surface area contributed by atoms with Crippen LogP contribution in [0.15, 0.2) is 65.8 Å². The van der Waals surface area contributed by atoms with E-state index in [2.05, 4.69) is 9.71 Å². The van der Waals surface area contributed by atoms with Crippen LogP contribution in [-0.2, 0) is 11.4 Å². The quantitative estimate of drug-likeness (QED) is 0.745. The topological polar surface area (TPSA) is 48.0 Å². The molecule has 1 atom stereocenters. The Bertz CT molecular complexity index is 723. The van der Waals surface area contributed by atoms with Gasteiger partial charge in [-0.05, 0) is 31.2 Å². The molecule has 1 heterocycles. The minimum absolute atomic E-state index is 0.765. The zero-order chi connectivity index (χ0) is 13.9. The van der Waals surface area contributed by atoms with Crippen molar-refractivity contribution in [3.05, 3.63) is 66.5 Å². The number of hydrogen-bond acceptors (Lipinski definition) is 3. The standard InChI is InChI=1S/C16H14N2OS/c1-12-5-7-14(8-6-12)20(19)18-16-4-2-3-13-11-17-10-9-15(13)16/h2-11,18H,1H3. The van der Waals surface area contributed by atoms with Gasteiger partial charge in [-0.15, -0.1) is 0 Å². The van der Waals surface area contributed by atoms with Crippen molar-refractivity contribution in [2.45, 2.75) is 11.8 Å². The molecule has 0 spiro atoms. The van der Waals surface area contributed by atoms with Crippen LogP contribution in [0.5, 0.6) is 0 Å². The molecule has 1 unspecified atom stereocenters. The van der Waals surface area contributed by atoms with Gasteiger partial charge in [0.2, 0.25) is 0 Å².